The molecule has 0 saturated carbocycles. The predicted molar refractivity (Wildman–Crippen MR) is 93.6 cm³/mol. The number of benzene rings is 1. The monoisotopic (exact) mass is 314 g/mol. The van der Waals surface area contributed by atoms with Gasteiger partial charge in [-0.05, 0) is 26.3 Å². The molecule has 0 radical (unpaired) electrons. The fraction of sp³-hybridized carbons (Fsp3) is 0.444. The van der Waals surface area contributed by atoms with Gasteiger partial charge >= 0.3 is 0 Å². The number of aryl methyl sites for hydroxylation is 2. The lowest BCUT2D eigenvalue weighted by Crippen LogP contribution is -2.45. The Morgan fingerprint density at radius 1 is 1.26 bits per heavy atom. The number of hydrogen-bond donors (Lipinski definition) is 3. The van der Waals surface area contributed by atoms with Crippen LogP contribution in [0.15, 0.2) is 30.3 Å². The Morgan fingerprint density at radius 2 is 1.91 bits per heavy atom. The molecular formula is C18H26N4O. The van der Waals surface area contributed by atoms with Gasteiger partial charge in [-0.1, -0.05) is 44.2 Å². The van der Waals surface area contributed by atoms with Crippen LogP contribution in [0.2, 0.25) is 0 Å². The molecule has 124 valence electrons. The van der Waals surface area contributed by atoms with Crippen LogP contribution in [0.5, 0.6) is 0 Å². The minimum Gasteiger partial charge on any atom is -0.322 e. The lowest BCUT2D eigenvalue weighted by molar-refractivity contribution is -0.115. The van der Waals surface area contributed by atoms with Crippen LogP contribution in [0, 0.1) is 13.8 Å². The highest BCUT2D eigenvalue weighted by Gasteiger charge is 2.27. The van der Waals surface area contributed by atoms with Gasteiger partial charge in [0.05, 0.1) is 23.6 Å². The van der Waals surface area contributed by atoms with Gasteiger partial charge in [-0.3, -0.25) is 9.89 Å². The van der Waals surface area contributed by atoms with Crippen LogP contribution >= 0.6 is 0 Å². The third-order valence-corrected chi connectivity index (χ3v) is 4.56. The maximum Gasteiger partial charge on any atom is 0.238 e. The third-order valence-electron chi connectivity index (χ3n) is 4.56. The van der Waals surface area contributed by atoms with Crippen molar-refractivity contribution in [1.29, 1.82) is 0 Å². The highest BCUT2D eigenvalue weighted by molar-refractivity contribution is 5.93. The Morgan fingerprint density at radius 3 is 2.48 bits per heavy atom. The number of nitrogens with one attached hydrogen (secondary N) is 3. The number of carbonyl (C=O) groups excluding carboxylic acids is 1. The molecule has 0 aliphatic rings. The summed E-state index contributed by atoms with van der Waals surface area (Å²) in [7, 11) is 0. The Kier molecular flexibility index (Phi) is 5.21. The second kappa shape index (κ2) is 6.96. The summed E-state index contributed by atoms with van der Waals surface area (Å²) < 4.78 is 0. The second-order valence-corrected chi connectivity index (χ2v) is 6.55. The van der Waals surface area contributed by atoms with E-state index in [1.54, 1.807) is 0 Å². The number of aromatic amines is 1. The molecular weight excluding hydrogens is 288 g/mol. The van der Waals surface area contributed by atoms with Gasteiger partial charge in [0.25, 0.3) is 0 Å². The number of carbonyl (C=O) groups is 1. The Labute approximate surface area is 137 Å². The van der Waals surface area contributed by atoms with E-state index in [1.807, 2.05) is 32.0 Å². The van der Waals surface area contributed by atoms with Crippen molar-refractivity contribution in [3.8, 4) is 0 Å². The zero-order chi connectivity index (χ0) is 17.0. The lowest BCUT2D eigenvalue weighted by atomic mass is 9.78. The zero-order valence-electron chi connectivity index (χ0n) is 14.5. The molecule has 0 aliphatic carbocycles. The molecule has 0 saturated heterocycles. The predicted octanol–water partition coefficient (Wildman–Crippen LogP) is 2.92. The quantitative estimate of drug-likeness (QED) is 0.768. The maximum absolute atomic E-state index is 12.2. The van der Waals surface area contributed by atoms with Crippen molar-refractivity contribution < 1.29 is 4.79 Å². The minimum absolute atomic E-state index is 0.0617. The van der Waals surface area contributed by atoms with Crippen molar-refractivity contribution in [2.45, 2.75) is 46.1 Å². The molecule has 2 rings (SSSR count). The van der Waals surface area contributed by atoms with Crippen molar-refractivity contribution >= 4 is 11.6 Å². The molecule has 0 fully saturated rings. The van der Waals surface area contributed by atoms with Gasteiger partial charge in [-0.15, -0.1) is 0 Å². The van der Waals surface area contributed by atoms with E-state index in [2.05, 4.69) is 53.7 Å². The van der Waals surface area contributed by atoms with Gasteiger partial charge in [0.15, 0.2) is 0 Å². The van der Waals surface area contributed by atoms with Crippen molar-refractivity contribution in [2.75, 3.05) is 11.9 Å². The molecule has 2 aromatic rings. The number of rotatable bonds is 6. The van der Waals surface area contributed by atoms with Crippen LogP contribution in [0.25, 0.3) is 0 Å². The minimum atomic E-state index is -0.0665. The Bertz CT molecular complexity index is 641. The summed E-state index contributed by atoms with van der Waals surface area (Å²) >= 11 is 0. The molecule has 3 N–H and O–H groups in total. The van der Waals surface area contributed by atoms with Crippen LogP contribution in [0.1, 0.15) is 37.7 Å². The highest BCUT2D eigenvalue weighted by atomic mass is 16.1. The van der Waals surface area contributed by atoms with Gasteiger partial charge in [0.1, 0.15) is 0 Å². The number of hydrogen-bond acceptors (Lipinski definition) is 3. The number of nitrogens with zero attached hydrogens (tertiary/aromatic N) is 1. The van der Waals surface area contributed by atoms with Crippen molar-refractivity contribution in [1.82, 2.24) is 15.5 Å². The zero-order valence-corrected chi connectivity index (χ0v) is 14.5. The molecule has 5 heteroatoms. The molecule has 1 heterocycles. The SMILES string of the molecule is Cc1n[nH]c(C)c1NC(=O)CN[C@@H](C)C(C)(C)c1ccccc1. The number of aromatic nitrogens is 2. The van der Waals surface area contributed by atoms with E-state index < -0.39 is 0 Å². The Hall–Kier alpha value is -2.14. The first-order valence-corrected chi connectivity index (χ1v) is 7.92. The first-order valence-electron chi connectivity index (χ1n) is 7.92. The van der Waals surface area contributed by atoms with Gasteiger partial charge in [0.2, 0.25) is 5.91 Å². The van der Waals surface area contributed by atoms with E-state index in [0.717, 1.165) is 17.1 Å². The summed E-state index contributed by atoms with van der Waals surface area (Å²) in [5, 5.41) is 13.2. The topological polar surface area (TPSA) is 69.8 Å². The average Bonchev–Trinajstić information content (AvgIpc) is 2.85. The first-order chi connectivity index (χ1) is 10.8. The van der Waals surface area contributed by atoms with Gasteiger partial charge in [-0.25, -0.2) is 0 Å². The summed E-state index contributed by atoms with van der Waals surface area (Å²) in [6, 6.07) is 10.5. The second-order valence-electron chi connectivity index (χ2n) is 6.55. The standard InChI is InChI=1S/C18H26N4O/c1-12-17(13(2)22-21-12)20-16(23)11-19-14(3)18(4,5)15-9-7-6-8-10-15/h6-10,14,19H,11H2,1-5H3,(H,20,23)(H,21,22)/t14-/m0/s1. The van der Waals surface area contributed by atoms with Crippen LogP contribution < -0.4 is 10.6 Å². The molecule has 1 amide bonds. The lowest BCUT2D eigenvalue weighted by Gasteiger charge is -2.33. The fourth-order valence-electron chi connectivity index (χ4n) is 2.54. The molecule has 1 atom stereocenters. The molecule has 23 heavy (non-hydrogen) atoms. The van der Waals surface area contributed by atoms with E-state index in [-0.39, 0.29) is 23.9 Å². The fourth-order valence-corrected chi connectivity index (χ4v) is 2.54. The van der Waals surface area contributed by atoms with Crippen molar-refractivity contribution in [2.24, 2.45) is 0 Å². The van der Waals surface area contributed by atoms with Gasteiger partial charge < -0.3 is 10.6 Å². The first kappa shape index (κ1) is 17.2. The molecule has 0 bridgehead atoms. The summed E-state index contributed by atoms with van der Waals surface area (Å²) in [6.45, 7) is 10.5. The van der Waals surface area contributed by atoms with E-state index in [9.17, 15) is 4.79 Å². The molecule has 0 unspecified atom stereocenters. The van der Waals surface area contributed by atoms with Gasteiger partial charge in [-0.2, -0.15) is 5.10 Å². The number of anilines is 1. The summed E-state index contributed by atoms with van der Waals surface area (Å²) in [4.78, 5) is 12.2. The molecule has 0 spiro atoms. The van der Waals surface area contributed by atoms with Crippen molar-refractivity contribution in [3.05, 3.63) is 47.3 Å². The van der Waals surface area contributed by atoms with Gasteiger partial charge in [0, 0.05) is 11.5 Å². The maximum atomic E-state index is 12.2. The van der Waals surface area contributed by atoms with Crippen molar-refractivity contribution in [3.63, 3.8) is 0 Å². The summed E-state index contributed by atoms with van der Waals surface area (Å²) in [5.41, 5.74) is 3.62. The number of amides is 1. The van der Waals surface area contributed by atoms with Crippen LogP contribution in [-0.4, -0.2) is 28.7 Å². The van der Waals surface area contributed by atoms with Crippen LogP contribution in [-0.2, 0) is 10.2 Å². The van der Waals surface area contributed by atoms with E-state index >= 15 is 0 Å². The van der Waals surface area contributed by atoms with Crippen LogP contribution in [0.4, 0.5) is 5.69 Å². The molecule has 1 aromatic heterocycles. The summed E-state index contributed by atoms with van der Waals surface area (Å²) in [6.07, 6.45) is 0. The van der Waals surface area contributed by atoms with Crippen LogP contribution in [0.3, 0.4) is 0 Å². The Balaban J connectivity index is 1.93. The largest absolute Gasteiger partial charge is 0.322 e. The van der Waals surface area contributed by atoms with E-state index in [4.69, 9.17) is 0 Å². The normalized spacial score (nSPS) is 12.9. The summed E-state index contributed by atoms with van der Waals surface area (Å²) in [5.74, 6) is -0.0617. The smallest absolute Gasteiger partial charge is 0.238 e. The molecule has 0 aliphatic heterocycles. The number of H-pyrrole nitrogens is 1. The third kappa shape index (κ3) is 3.99. The highest BCUT2D eigenvalue weighted by Crippen LogP contribution is 2.26. The molecule has 1 aromatic carbocycles. The molecule has 5 nitrogen and oxygen atoms in total. The van der Waals surface area contributed by atoms with E-state index in [1.165, 1.54) is 5.56 Å². The average molecular weight is 314 g/mol. The van der Waals surface area contributed by atoms with E-state index in [0.29, 0.717) is 0 Å².